The fourth-order valence-corrected chi connectivity index (χ4v) is 3.80. The van der Waals surface area contributed by atoms with Crippen molar-refractivity contribution >= 4 is 58.2 Å². The number of carbonyl (C=O) groups is 3. The number of amides is 2. The second kappa shape index (κ2) is 8.79. The SMILES string of the molecule is CCOC(=O)[C@@H](C)N1C(=O)S/C(=C\c2cc(Cl)c(OCC)c(Cl)c2)C1=O. The Labute approximate surface area is 165 Å². The van der Waals surface area contributed by atoms with Crippen molar-refractivity contribution in [2.24, 2.45) is 0 Å². The van der Waals surface area contributed by atoms with Crippen molar-refractivity contribution < 1.29 is 23.9 Å². The molecule has 9 heteroatoms. The summed E-state index contributed by atoms with van der Waals surface area (Å²) in [7, 11) is 0. The Morgan fingerprint density at radius 3 is 2.38 bits per heavy atom. The summed E-state index contributed by atoms with van der Waals surface area (Å²) in [6.45, 7) is 5.47. The topological polar surface area (TPSA) is 72.9 Å². The van der Waals surface area contributed by atoms with E-state index in [2.05, 4.69) is 0 Å². The summed E-state index contributed by atoms with van der Waals surface area (Å²) in [6.07, 6.45) is 1.50. The number of hydrogen-bond donors (Lipinski definition) is 0. The maximum absolute atomic E-state index is 12.5. The van der Waals surface area contributed by atoms with E-state index in [1.165, 1.54) is 13.0 Å². The number of ether oxygens (including phenoxy) is 2. The fourth-order valence-electron chi connectivity index (χ4n) is 2.28. The Hall–Kier alpha value is -1.70. The van der Waals surface area contributed by atoms with Crippen LogP contribution in [0.4, 0.5) is 4.79 Å². The van der Waals surface area contributed by atoms with Gasteiger partial charge in [-0.15, -0.1) is 0 Å². The molecule has 1 atom stereocenters. The van der Waals surface area contributed by atoms with Crippen LogP contribution >= 0.6 is 35.0 Å². The third-order valence-corrected chi connectivity index (χ3v) is 4.89. The molecular formula is C17H17Cl2NO5S. The number of imide groups is 1. The molecule has 0 bridgehead atoms. The second-order valence-corrected chi connectivity index (χ2v) is 7.03. The summed E-state index contributed by atoms with van der Waals surface area (Å²) in [5.41, 5.74) is 0.540. The minimum absolute atomic E-state index is 0.165. The van der Waals surface area contributed by atoms with Crippen LogP contribution in [-0.4, -0.2) is 41.3 Å². The van der Waals surface area contributed by atoms with Crippen LogP contribution in [0.25, 0.3) is 6.08 Å². The van der Waals surface area contributed by atoms with Gasteiger partial charge in [-0.2, -0.15) is 0 Å². The summed E-state index contributed by atoms with van der Waals surface area (Å²) >= 11 is 13.0. The van der Waals surface area contributed by atoms with E-state index in [1.54, 1.807) is 26.0 Å². The fraction of sp³-hybridized carbons (Fsp3) is 0.353. The number of thioether (sulfide) groups is 1. The van der Waals surface area contributed by atoms with Crippen molar-refractivity contribution in [3.8, 4) is 5.75 Å². The molecular weight excluding hydrogens is 401 g/mol. The van der Waals surface area contributed by atoms with E-state index >= 15 is 0 Å². The zero-order valence-corrected chi connectivity index (χ0v) is 16.7. The molecule has 0 N–H and O–H groups in total. The average Bonchev–Trinajstić information content (AvgIpc) is 2.84. The van der Waals surface area contributed by atoms with Crippen LogP contribution in [0, 0.1) is 0 Å². The predicted molar refractivity (Wildman–Crippen MR) is 102 cm³/mol. The lowest BCUT2D eigenvalue weighted by Crippen LogP contribution is -2.42. The minimum Gasteiger partial charge on any atom is -0.491 e. The zero-order chi connectivity index (χ0) is 19.4. The van der Waals surface area contributed by atoms with Crippen LogP contribution in [0.15, 0.2) is 17.0 Å². The number of hydrogen-bond acceptors (Lipinski definition) is 6. The quantitative estimate of drug-likeness (QED) is 0.504. The largest absolute Gasteiger partial charge is 0.491 e. The molecule has 1 fully saturated rings. The van der Waals surface area contributed by atoms with Crippen LogP contribution < -0.4 is 4.74 Å². The molecule has 2 rings (SSSR count). The number of benzene rings is 1. The van der Waals surface area contributed by atoms with Gasteiger partial charge in [-0.3, -0.25) is 14.5 Å². The molecule has 1 saturated heterocycles. The van der Waals surface area contributed by atoms with Gasteiger partial charge in [0.25, 0.3) is 11.1 Å². The maximum Gasteiger partial charge on any atom is 0.329 e. The highest BCUT2D eigenvalue weighted by molar-refractivity contribution is 8.18. The highest BCUT2D eigenvalue weighted by atomic mass is 35.5. The van der Waals surface area contributed by atoms with E-state index in [1.807, 2.05) is 0 Å². The molecule has 1 aliphatic rings. The van der Waals surface area contributed by atoms with Crippen molar-refractivity contribution in [1.29, 1.82) is 0 Å². The molecule has 0 radical (unpaired) electrons. The maximum atomic E-state index is 12.5. The number of carbonyl (C=O) groups excluding carboxylic acids is 3. The monoisotopic (exact) mass is 417 g/mol. The lowest BCUT2D eigenvalue weighted by atomic mass is 10.2. The van der Waals surface area contributed by atoms with Gasteiger partial charge in [-0.1, -0.05) is 23.2 Å². The molecule has 1 heterocycles. The van der Waals surface area contributed by atoms with Gasteiger partial charge in [0.1, 0.15) is 6.04 Å². The lowest BCUT2D eigenvalue weighted by molar-refractivity contribution is -0.150. The number of rotatable bonds is 6. The number of nitrogens with zero attached hydrogens (tertiary/aromatic N) is 1. The summed E-state index contributed by atoms with van der Waals surface area (Å²) < 4.78 is 10.2. The van der Waals surface area contributed by atoms with Crippen molar-refractivity contribution in [1.82, 2.24) is 4.90 Å². The third-order valence-electron chi connectivity index (χ3n) is 3.45. The first-order valence-corrected chi connectivity index (χ1v) is 9.42. The highest BCUT2D eigenvalue weighted by Gasteiger charge is 2.41. The van der Waals surface area contributed by atoms with Crippen LogP contribution in [-0.2, 0) is 14.3 Å². The smallest absolute Gasteiger partial charge is 0.329 e. The Kier molecular flexibility index (Phi) is 6.97. The van der Waals surface area contributed by atoms with Crippen molar-refractivity contribution in [3.63, 3.8) is 0 Å². The Balaban J connectivity index is 2.29. The standard InChI is InChI=1S/C17H17Cl2NO5S/c1-4-24-14-11(18)6-10(7-12(14)19)8-13-15(21)20(17(23)26-13)9(3)16(22)25-5-2/h6-9H,4-5H2,1-3H3/b13-8-/t9-/m1/s1. The first-order chi connectivity index (χ1) is 12.3. The molecule has 0 saturated carbocycles. The molecule has 0 unspecified atom stereocenters. The number of halogens is 2. The van der Waals surface area contributed by atoms with Crippen LogP contribution in [0.3, 0.4) is 0 Å². The van der Waals surface area contributed by atoms with E-state index in [0.717, 1.165) is 16.7 Å². The van der Waals surface area contributed by atoms with Gasteiger partial charge >= 0.3 is 5.97 Å². The van der Waals surface area contributed by atoms with Gasteiger partial charge in [-0.05, 0) is 56.3 Å². The Morgan fingerprint density at radius 2 is 1.85 bits per heavy atom. The summed E-state index contributed by atoms with van der Waals surface area (Å²) in [5.74, 6) is -0.845. The molecule has 0 aromatic heterocycles. The van der Waals surface area contributed by atoms with Crippen molar-refractivity contribution in [2.75, 3.05) is 13.2 Å². The molecule has 140 valence electrons. The normalized spacial score (nSPS) is 17.0. The Morgan fingerprint density at radius 1 is 1.23 bits per heavy atom. The van der Waals surface area contributed by atoms with Crippen LogP contribution in [0.1, 0.15) is 26.3 Å². The second-order valence-electron chi connectivity index (χ2n) is 5.23. The van der Waals surface area contributed by atoms with Gasteiger partial charge in [0.05, 0.1) is 28.2 Å². The van der Waals surface area contributed by atoms with Gasteiger partial charge in [-0.25, -0.2) is 4.79 Å². The molecule has 1 aromatic carbocycles. The first-order valence-electron chi connectivity index (χ1n) is 7.85. The molecule has 0 aliphatic carbocycles. The predicted octanol–water partition coefficient (Wildman–Crippen LogP) is 4.38. The van der Waals surface area contributed by atoms with Gasteiger partial charge in [0, 0.05) is 0 Å². The van der Waals surface area contributed by atoms with Crippen molar-refractivity contribution in [2.45, 2.75) is 26.8 Å². The minimum atomic E-state index is -0.999. The van der Waals surface area contributed by atoms with E-state index in [0.29, 0.717) is 28.0 Å². The summed E-state index contributed by atoms with van der Waals surface area (Å²) in [5, 5.41) is 0.0550. The van der Waals surface area contributed by atoms with Gasteiger partial charge < -0.3 is 9.47 Å². The van der Waals surface area contributed by atoms with E-state index < -0.39 is 23.2 Å². The molecule has 6 nitrogen and oxygen atoms in total. The average molecular weight is 418 g/mol. The molecule has 2 amide bonds. The van der Waals surface area contributed by atoms with Crippen molar-refractivity contribution in [3.05, 3.63) is 32.6 Å². The lowest BCUT2D eigenvalue weighted by Gasteiger charge is -2.19. The van der Waals surface area contributed by atoms with Gasteiger partial charge in [0.2, 0.25) is 0 Å². The molecule has 1 aliphatic heterocycles. The summed E-state index contributed by atoms with van der Waals surface area (Å²) in [6, 6.07) is 2.17. The molecule has 1 aromatic rings. The van der Waals surface area contributed by atoms with E-state index in [-0.39, 0.29) is 11.5 Å². The third kappa shape index (κ3) is 4.34. The summed E-state index contributed by atoms with van der Waals surface area (Å²) in [4.78, 5) is 37.6. The number of esters is 1. The molecule has 0 spiro atoms. The van der Waals surface area contributed by atoms with Crippen LogP contribution in [0.2, 0.25) is 10.0 Å². The highest BCUT2D eigenvalue weighted by Crippen LogP contribution is 2.38. The van der Waals surface area contributed by atoms with Gasteiger partial charge in [0.15, 0.2) is 5.75 Å². The zero-order valence-electron chi connectivity index (χ0n) is 14.4. The Bertz CT molecular complexity index is 757. The van der Waals surface area contributed by atoms with Crippen LogP contribution in [0.5, 0.6) is 5.75 Å². The first kappa shape index (κ1) is 20.6. The van der Waals surface area contributed by atoms with E-state index in [9.17, 15) is 14.4 Å². The molecule has 26 heavy (non-hydrogen) atoms. The van der Waals surface area contributed by atoms with E-state index in [4.69, 9.17) is 32.7 Å².